The summed E-state index contributed by atoms with van der Waals surface area (Å²) in [6.07, 6.45) is 5.15. The number of nitrogens with one attached hydrogen (secondary N) is 2. The van der Waals surface area contributed by atoms with Crippen molar-refractivity contribution < 1.29 is 14.3 Å². The highest BCUT2D eigenvalue weighted by Gasteiger charge is 2.57. The highest BCUT2D eigenvalue weighted by Crippen LogP contribution is 2.58. The number of hydrogen-bond donors (Lipinski definition) is 2. The molecule has 2 aliphatic heterocycles. The number of benzene rings is 1. The summed E-state index contributed by atoms with van der Waals surface area (Å²) >= 11 is 0. The molecular formula is C22H33ClN2O3. The lowest BCUT2D eigenvalue weighted by molar-refractivity contribution is -0.123. The smallest absolute Gasteiger partial charge is 0.223 e. The molecule has 0 aromatic heterocycles. The van der Waals surface area contributed by atoms with E-state index in [-0.39, 0.29) is 35.1 Å². The molecule has 6 heteroatoms. The van der Waals surface area contributed by atoms with Crippen LogP contribution in [0.4, 0.5) is 0 Å². The minimum atomic E-state index is -0.110. The van der Waals surface area contributed by atoms with Gasteiger partial charge in [0.05, 0.1) is 7.11 Å². The maximum atomic E-state index is 12.9. The number of hydrogen-bond acceptors (Lipinski definition) is 4. The molecule has 2 heterocycles. The van der Waals surface area contributed by atoms with Gasteiger partial charge >= 0.3 is 0 Å². The van der Waals surface area contributed by atoms with E-state index in [9.17, 15) is 4.79 Å². The van der Waals surface area contributed by atoms with E-state index in [4.69, 9.17) is 9.47 Å². The van der Waals surface area contributed by atoms with Crippen LogP contribution in [0.1, 0.15) is 43.2 Å². The summed E-state index contributed by atoms with van der Waals surface area (Å²) in [5.41, 5.74) is 2.60. The van der Waals surface area contributed by atoms with Crippen LogP contribution < -0.4 is 15.4 Å². The number of piperidine rings is 1. The zero-order valence-electron chi connectivity index (χ0n) is 17.0. The van der Waals surface area contributed by atoms with E-state index in [1.54, 1.807) is 7.11 Å². The van der Waals surface area contributed by atoms with Crippen molar-refractivity contribution in [3.8, 4) is 5.75 Å². The molecule has 1 unspecified atom stereocenters. The quantitative estimate of drug-likeness (QED) is 0.786. The van der Waals surface area contributed by atoms with Crippen LogP contribution in [0.5, 0.6) is 5.75 Å². The van der Waals surface area contributed by atoms with Gasteiger partial charge in [-0.1, -0.05) is 17.7 Å². The second-order valence-electron chi connectivity index (χ2n) is 8.68. The van der Waals surface area contributed by atoms with Crippen molar-refractivity contribution in [1.82, 2.24) is 10.6 Å². The first-order valence-electron chi connectivity index (χ1n) is 10.3. The van der Waals surface area contributed by atoms with Crippen LogP contribution >= 0.6 is 12.4 Å². The Morgan fingerprint density at radius 1 is 1.25 bits per heavy atom. The Kier molecular flexibility index (Phi) is 6.58. The number of halogens is 1. The summed E-state index contributed by atoms with van der Waals surface area (Å²) in [4.78, 5) is 12.9. The van der Waals surface area contributed by atoms with Crippen LogP contribution in [0.3, 0.4) is 0 Å². The van der Waals surface area contributed by atoms with Crippen LogP contribution in [0.25, 0.3) is 0 Å². The molecule has 1 aliphatic carbocycles. The van der Waals surface area contributed by atoms with Crippen LogP contribution in [0.15, 0.2) is 18.2 Å². The third-order valence-electron chi connectivity index (χ3n) is 7.08. The Labute approximate surface area is 174 Å². The van der Waals surface area contributed by atoms with Crippen molar-refractivity contribution in [3.05, 3.63) is 29.3 Å². The predicted octanol–water partition coefficient (Wildman–Crippen LogP) is 2.98. The van der Waals surface area contributed by atoms with Gasteiger partial charge in [0.15, 0.2) is 0 Å². The number of carbonyl (C=O) groups excluding carboxylic acids is 1. The number of carbonyl (C=O) groups is 1. The van der Waals surface area contributed by atoms with Crippen molar-refractivity contribution in [3.63, 3.8) is 0 Å². The minimum Gasteiger partial charge on any atom is -0.496 e. The van der Waals surface area contributed by atoms with Gasteiger partial charge < -0.3 is 20.1 Å². The molecule has 0 radical (unpaired) electrons. The fourth-order valence-electron chi connectivity index (χ4n) is 5.11. The molecule has 0 bridgehead atoms. The van der Waals surface area contributed by atoms with E-state index in [1.165, 1.54) is 11.1 Å². The molecule has 1 amide bonds. The average molecular weight is 409 g/mol. The lowest BCUT2D eigenvalue weighted by atomic mass is 9.73. The summed E-state index contributed by atoms with van der Waals surface area (Å²) in [7, 11) is 1.73. The molecular weight excluding hydrogens is 376 g/mol. The first-order chi connectivity index (χ1) is 13.1. The SMILES string of the molecule is COc1ccc(C)cc1C1(CNC(=O)C2CC23CCNCC3)CCOCC1.Cl. The fraction of sp³-hybridized carbons (Fsp3) is 0.682. The summed E-state index contributed by atoms with van der Waals surface area (Å²) in [6, 6.07) is 6.36. The third kappa shape index (κ3) is 4.03. The molecule has 2 saturated heterocycles. The van der Waals surface area contributed by atoms with Crippen molar-refractivity contribution in [2.75, 3.05) is 40.0 Å². The van der Waals surface area contributed by atoms with E-state index in [2.05, 4.69) is 35.8 Å². The zero-order chi connectivity index (χ0) is 18.9. The third-order valence-corrected chi connectivity index (χ3v) is 7.08. The molecule has 1 aromatic carbocycles. The molecule has 3 fully saturated rings. The first kappa shape index (κ1) is 21.4. The normalized spacial score (nSPS) is 24.9. The molecule has 1 saturated carbocycles. The lowest BCUT2D eigenvalue weighted by Crippen LogP contribution is -2.45. The van der Waals surface area contributed by atoms with Gasteiger partial charge in [0, 0.05) is 36.7 Å². The minimum absolute atomic E-state index is 0. The second kappa shape index (κ2) is 8.60. The fourth-order valence-corrected chi connectivity index (χ4v) is 5.11. The maximum Gasteiger partial charge on any atom is 0.223 e. The van der Waals surface area contributed by atoms with Crippen molar-refractivity contribution in [2.45, 2.75) is 44.4 Å². The van der Waals surface area contributed by atoms with E-state index in [0.29, 0.717) is 6.54 Å². The number of ether oxygens (including phenoxy) is 2. The van der Waals surface area contributed by atoms with Gasteiger partial charge in [0.1, 0.15) is 5.75 Å². The molecule has 1 aromatic rings. The Morgan fingerprint density at radius 2 is 1.96 bits per heavy atom. The molecule has 156 valence electrons. The molecule has 1 atom stereocenters. The van der Waals surface area contributed by atoms with Crippen LogP contribution in [0, 0.1) is 18.3 Å². The molecule has 28 heavy (non-hydrogen) atoms. The molecule has 5 nitrogen and oxygen atoms in total. The highest BCUT2D eigenvalue weighted by molar-refractivity contribution is 5.85. The monoisotopic (exact) mass is 408 g/mol. The van der Waals surface area contributed by atoms with Crippen LogP contribution in [0.2, 0.25) is 0 Å². The largest absolute Gasteiger partial charge is 0.496 e. The van der Waals surface area contributed by atoms with Gasteiger partial charge in [0.2, 0.25) is 5.91 Å². The highest BCUT2D eigenvalue weighted by atomic mass is 35.5. The maximum absolute atomic E-state index is 12.9. The molecule has 3 aliphatic rings. The van der Waals surface area contributed by atoms with Crippen LogP contribution in [-0.2, 0) is 14.9 Å². The Bertz CT molecular complexity index is 697. The number of amides is 1. The van der Waals surface area contributed by atoms with Crippen molar-refractivity contribution in [2.24, 2.45) is 11.3 Å². The van der Waals surface area contributed by atoms with E-state index in [0.717, 1.165) is 64.2 Å². The number of aryl methyl sites for hydroxylation is 1. The summed E-state index contributed by atoms with van der Waals surface area (Å²) in [5.74, 6) is 1.36. The van der Waals surface area contributed by atoms with Gasteiger partial charge in [-0.2, -0.15) is 0 Å². The van der Waals surface area contributed by atoms with Gasteiger partial charge in [-0.25, -0.2) is 0 Å². The Balaban J connectivity index is 0.00000225. The molecule has 1 spiro atoms. The topological polar surface area (TPSA) is 59.6 Å². The lowest BCUT2D eigenvalue weighted by Gasteiger charge is -2.39. The van der Waals surface area contributed by atoms with E-state index in [1.807, 2.05) is 0 Å². The van der Waals surface area contributed by atoms with Gasteiger partial charge in [0.25, 0.3) is 0 Å². The zero-order valence-corrected chi connectivity index (χ0v) is 17.8. The second-order valence-corrected chi connectivity index (χ2v) is 8.68. The van der Waals surface area contributed by atoms with Crippen molar-refractivity contribution in [1.29, 1.82) is 0 Å². The molecule has 4 rings (SSSR count). The van der Waals surface area contributed by atoms with Crippen molar-refractivity contribution >= 4 is 18.3 Å². The van der Waals surface area contributed by atoms with Gasteiger partial charge in [-0.15, -0.1) is 12.4 Å². The molecule has 2 N–H and O–H groups in total. The summed E-state index contributed by atoms with van der Waals surface area (Å²) in [5, 5.41) is 6.74. The first-order valence-corrected chi connectivity index (χ1v) is 10.3. The Hall–Kier alpha value is -1.30. The summed E-state index contributed by atoms with van der Waals surface area (Å²) in [6.45, 7) is 6.33. The number of methoxy groups -OCH3 is 1. The van der Waals surface area contributed by atoms with Crippen LogP contribution in [-0.4, -0.2) is 45.9 Å². The van der Waals surface area contributed by atoms with E-state index >= 15 is 0 Å². The Morgan fingerprint density at radius 3 is 2.64 bits per heavy atom. The van der Waals surface area contributed by atoms with Gasteiger partial charge in [-0.3, -0.25) is 4.79 Å². The standard InChI is InChI=1S/C22H32N2O3.ClH/c1-16-3-4-19(26-2)17(13-16)22(7-11-27-12-8-22)15-24-20(25)18-14-21(18)5-9-23-10-6-21;/h3-4,13,18,23H,5-12,14-15H2,1-2H3,(H,24,25);1H. The average Bonchev–Trinajstić information content (AvgIpc) is 3.40. The summed E-state index contributed by atoms with van der Waals surface area (Å²) < 4.78 is 11.3. The van der Waals surface area contributed by atoms with Gasteiger partial charge in [-0.05, 0) is 63.6 Å². The predicted molar refractivity (Wildman–Crippen MR) is 112 cm³/mol. The van der Waals surface area contributed by atoms with E-state index < -0.39 is 0 Å². The number of rotatable bonds is 5.